The molecule has 0 aliphatic rings. The summed E-state index contributed by atoms with van der Waals surface area (Å²) in [6.07, 6.45) is 3.72. The highest BCUT2D eigenvalue weighted by molar-refractivity contribution is 5.30. The van der Waals surface area contributed by atoms with Gasteiger partial charge in [-0.15, -0.1) is 0 Å². The van der Waals surface area contributed by atoms with Crippen LogP contribution in [-0.2, 0) is 13.5 Å². The zero-order valence-electron chi connectivity index (χ0n) is 10.5. The van der Waals surface area contributed by atoms with E-state index in [0.717, 1.165) is 11.1 Å². The molecule has 0 radical (unpaired) electrons. The quantitative estimate of drug-likeness (QED) is 0.878. The Morgan fingerprint density at radius 2 is 2.06 bits per heavy atom. The molecule has 0 aliphatic carbocycles. The molecule has 0 spiro atoms. The van der Waals surface area contributed by atoms with Gasteiger partial charge in [-0.2, -0.15) is 5.10 Å². The average Bonchev–Trinajstić information content (AvgIpc) is 2.70. The molecule has 3 nitrogen and oxygen atoms in total. The number of benzene rings is 1. The first kappa shape index (κ1) is 11.9. The third-order valence-corrected chi connectivity index (χ3v) is 3.11. The van der Waals surface area contributed by atoms with Gasteiger partial charge in [0, 0.05) is 25.2 Å². The first-order chi connectivity index (χ1) is 8.06. The minimum atomic E-state index is -0.481. The predicted molar refractivity (Wildman–Crippen MR) is 67.8 cm³/mol. The van der Waals surface area contributed by atoms with Gasteiger partial charge in [0.2, 0.25) is 0 Å². The Balaban J connectivity index is 2.12. The molecule has 0 fully saturated rings. The number of aliphatic hydroxyl groups is 1. The van der Waals surface area contributed by atoms with Crippen LogP contribution < -0.4 is 0 Å². The fourth-order valence-corrected chi connectivity index (χ4v) is 1.88. The van der Waals surface area contributed by atoms with Crippen LogP contribution in [0.4, 0.5) is 0 Å². The van der Waals surface area contributed by atoms with E-state index >= 15 is 0 Å². The maximum Gasteiger partial charge on any atom is 0.0860 e. The Kier molecular flexibility index (Phi) is 3.29. The summed E-state index contributed by atoms with van der Waals surface area (Å²) < 4.78 is 1.71. The zero-order valence-corrected chi connectivity index (χ0v) is 10.5. The molecule has 3 heteroatoms. The molecule has 90 valence electrons. The molecule has 17 heavy (non-hydrogen) atoms. The number of nitrogens with zero attached hydrogens (tertiary/aromatic N) is 2. The van der Waals surface area contributed by atoms with E-state index in [4.69, 9.17) is 0 Å². The average molecular weight is 230 g/mol. The molecular weight excluding hydrogens is 212 g/mol. The molecule has 0 saturated heterocycles. The second-order valence-corrected chi connectivity index (χ2v) is 4.59. The SMILES string of the molecule is Cc1ccc(CC(O)c2cnn(C)c2)cc1C. The van der Waals surface area contributed by atoms with Crippen LogP contribution in [0, 0.1) is 13.8 Å². The Bertz CT molecular complexity index is 517. The highest BCUT2D eigenvalue weighted by Gasteiger charge is 2.10. The summed E-state index contributed by atoms with van der Waals surface area (Å²) in [5, 5.41) is 14.2. The molecular formula is C14H18N2O. The van der Waals surface area contributed by atoms with Gasteiger partial charge in [-0.1, -0.05) is 18.2 Å². The Morgan fingerprint density at radius 3 is 2.65 bits per heavy atom. The molecule has 2 rings (SSSR count). The van der Waals surface area contributed by atoms with Crippen molar-refractivity contribution < 1.29 is 5.11 Å². The van der Waals surface area contributed by atoms with E-state index in [1.807, 2.05) is 13.2 Å². The molecule has 2 aromatic rings. The third-order valence-electron chi connectivity index (χ3n) is 3.11. The lowest BCUT2D eigenvalue weighted by Gasteiger charge is -2.10. The molecule has 0 amide bonds. The van der Waals surface area contributed by atoms with Crippen LogP contribution >= 0.6 is 0 Å². The molecule has 0 saturated carbocycles. The third kappa shape index (κ3) is 2.74. The second kappa shape index (κ2) is 4.72. The standard InChI is InChI=1S/C14H18N2O/c1-10-4-5-12(6-11(10)2)7-14(17)13-8-15-16(3)9-13/h4-6,8-9,14,17H,7H2,1-3H3. The summed E-state index contributed by atoms with van der Waals surface area (Å²) in [7, 11) is 1.85. The van der Waals surface area contributed by atoms with Gasteiger partial charge in [0.25, 0.3) is 0 Å². The van der Waals surface area contributed by atoms with Crippen molar-refractivity contribution in [2.45, 2.75) is 26.4 Å². The molecule has 1 aromatic heterocycles. The molecule has 0 bridgehead atoms. The lowest BCUT2D eigenvalue weighted by molar-refractivity contribution is 0.178. The van der Waals surface area contributed by atoms with Crippen molar-refractivity contribution in [3.8, 4) is 0 Å². The molecule has 1 unspecified atom stereocenters. The van der Waals surface area contributed by atoms with Crippen LogP contribution in [0.1, 0.15) is 28.4 Å². The fraction of sp³-hybridized carbons (Fsp3) is 0.357. The monoisotopic (exact) mass is 230 g/mol. The normalized spacial score (nSPS) is 12.7. The van der Waals surface area contributed by atoms with Crippen molar-refractivity contribution in [2.24, 2.45) is 7.05 Å². The number of hydrogen-bond donors (Lipinski definition) is 1. The van der Waals surface area contributed by atoms with Crippen LogP contribution in [0.25, 0.3) is 0 Å². The van der Waals surface area contributed by atoms with Crippen LogP contribution in [-0.4, -0.2) is 14.9 Å². The predicted octanol–water partition coefficient (Wildman–Crippen LogP) is 2.31. The van der Waals surface area contributed by atoms with Crippen molar-refractivity contribution in [2.75, 3.05) is 0 Å². The van der Waals surface area contributed by atoms with Crippen molar-refractivity contribution >= 4 is 0 Å². The topological polar surface area (TPSA) is 38.1 Å². The van der Waals surface area contributed by atoms with Crippen LogP contribution in [0.2, 0.25) is 0 Å². The molecule has 1 atom stereocenters. The largest absolute Gasteiger partial charge is 0.388 e. The van der Waals surface area contributed by atoms with E-state index in [0.29, 0.717) is 6.42 Å². The summed E-state index contributed by atoms with van der Waals surface area (Å²) >= 11 is 0. The molecule has 0 aliphatic heterocycles. The van der Waals surface area contributed by atoms with Crippen molar-refractivity contribution in [3.05, 3.63) is 52.8 Å². The Hall–Kier alpha value is -1.61. The van der Waals surface area contributed by atoms with Crippen molar-refractivity contribution in [1.29, 1.82) is 0 Å². The maximum atomic E-state index is 10.1. The summed E-state index contributed by atoms with van der Waals surface area (Å²) in [5.74, 6) is 0. The maximum absolute atomic E-state index is 10.1. The van der Waals surface area contributed by atoms with E-state index in [1.165, 1.54) is 11.1 Å². The second-order valence-electron chi connectivity index (χ2n) is 4.59. The first-order valence-electron chi connectivity index (χ1n) is 5.79. The van der Waals surface area contributed by atoms with Crippen LogP contribution in [0.15, 0.2) is 30.6 Å². The number of aromatic nitrogens is 2. The lowest BCUT2D eigenvalue weighted by Crippen LogP contribution is -2.01. The van der Waals surface area contributed by atoms with Gasteiger partial charge >= 0.3 is 0 Å². The van der Waals surface area contributed by atoms with E-state index in [1.54, 1.807) is 10.9 Å². The van der Waals surface area contributed by atoms with Crippen molar-refractivity contribution in [1.82, 2.24) is 9.78 Å². The van der Waals surface area contributed by atoms with Crippen molar-refractivity contribution in [3.63, 3.8) is 0 Å². The van der Waals surface area contributed by atoms with E-state index in [9.17, 15) is 5.11 Å². The van der Waals surface area contributed by atoms with Gasteiger partial charge in [-0.3, -0.25) is 4.68 Å². The van der Waals surface area contributed by atoms with E-state index < -0.39 is 6.10 Å². The van der Waals surface area contributed by atoms with Gasteiger partial charge in [0.05, 0.1) is 12.3 Å². The van der Waals surface area contributed by atoms with Gasteiger partial charge < -0.3 is 5.11 Å². The minimum absolute atomic E-state index is 0.481. The molecule has 1 heterocycles. The smallest absolute Gasteiger partial charge is 0.0860 e. The Morgan fingerprint density at radius 1 is 1.29 bits per heavy atom. The summed E-state index contributed by atoms with van der Waals surface area (Å²) in [6, 6.07) is 6.30. The summed E-state index contributed by atoms with van der Waals surface area (Å²) in [6.45, 7) is 4.19. The highest BCUT2D eigenvalue weighted by Crippen LogP contribution is 2.19. The van der Waals surface area contributed by atoms with Crippen LogP contribution in [0.3, 0.4) is 0 Å². The zero-order chi connectivity index (χ0) is 12.4. The highest BCUT2D eigenvalue weighted by atomic mass is 16.3. The first-order valence-corrected chi connectivity index (χ1v) is 5.79. The number of aliphatic hydroxyl groups excluding tert-OH is 1. The Labute approximate surface area is 102 Å². The summed E-state index contributed by atoms with van der Waals surface area (Å²) in [5.41, 5.74) is 4.57. The van der Waals surface area contributed by atoms with Gasteiger partial charge in [-0.05, 0) is 30.5 Å². The lowest BCUT2D eigenvalue weighted by atomic mass is 10.00. The molecule has 1 N–H and O–H groups in total. The minimum Gasteiger partial charge on any atom is -0.388 e. The number of aryl methyl sites for hydroxylation is 3. The molecule has 1 aromatic carbocycles. The van der Waals surface area contributed by atoms with Gasteiger partial charge in [-0.25, -0.2) is 0 Å². The number of hydrogen-bond acceptors (Lipinski definition) is 2. The summed E-state index contributed by atoms with van der Waals surface area (Å²) in [4.78, 5) is 0. The van der Waals surface area contributed by atoms with E-state index in [2.05, 4.69) is 37.1 Å². The van der Waals surface area contributed by atoms with Crippen LogP contribution in [0.5, 0.6) is 0 Å². The fourth-order valence-electron chi connectivity index (χ4n) is 1.88. The van der Waals surface area contributed by atoms with Gasteiger partial charge in [0.1, 0.15) is 0 Å². The van der Waals surface area contributed by atoms with Gasteiger partial charge in [0.15, 0.2) is 0 Å². The number of rotatable bonds is 3. The van der Waals surface area contributed by atoms with E-state index in [-0.39, 0.29) is 0 Å².